The molecule has 1 aromatic heterocycles. The molecule has 0 aliphatic rings. The highest BCUT2D eigenvalue weighted by molar-refractivity contribution is 5.43. The summed E-state index contributed by atoms with van der Waals surface area (Å²) in [6.07, 6.45) is -9.74. The predicted molar refractivity (Wildman–Crippen MR) is 39.0 cm³/mol. The molecule has 0 unspecified atom stereocenters. The van der Waals surface area contributed by atoms with Crippen molar-refractivity contribution in [3.05, 3.63) is 29.1 Å². The molecule has 1 aromatic rings. The van der Waals surface area contributed by atoms with Gasteiger partial charge in [-0.25, -0.2) is 0 Å². The molecule has 0 atom stereocenters. The van der Waals surface area contributed by atoms with Crippen molar-refractivity contribution >= 4 is 0 Å². The summed E-state index contributed by atoms with van der Waals surface area (Å²) in [5, 5.41) is 8.34. The van der Waals surface area contributed by atoms with Gasteiger partial charge in [0.2, 0.25) is 0 Å². The van der Waals surface area contributed by atoms with E-state index in [-0.39, 0.29) is 0 Å². The summed E-state index contributed by atoms with van der Waals surface area (Å²) in [6.45, 7) is 0. The van der Waals surface area contributed by atoms with Crippen molar-refractivity contribution < 1.29 is 26.3 Å². The van der Waals surface area contributed by atoms with Gasteiger partial charge >= 0.3 is 12.4 Å². The molecule has 0 aliphatic heterocycles. The molecule has 2 nitrogen and oxygen atoms in total. The van der Waals surface area contributed by atoms with Gasteiger partial charge in [0.15, 0.2) is 5.69 Å². The minimum Gasteiger partial charge on any atom is -0.250 e. The van der Waals surface area contributed by atoms with E-state index < -0.39 is 29.2 Å². The van der Waals surface area contributed by atoms with Gasteiger partial charge in [0.25, 0.3) is 0 Å². The maximum atomic E-state index is 12.3. The maximum absolute atomic E-state index is 12.3. The second-order valence-electron chi connectivity index (χ2n) is 2.69. The van der Waals surface area contributed by atoms with Crippen molar-refractivity contribution in [2.75, 3.05) is 0 Å². The van der Waals surface area contributed by atoms with Gasteiger partial charge in [-0.3, -0.25) is 4.98 Å². The van der Waals surface area contributed by atoms with Crippen LogP contribution in [0, 0.1) is 11.3 Å². The molecule has 0 spiro atoms. The van der Waals surface area contributed by atoms with Gasteiger partial charge in [-0.15, -0.1) is 0 Å². The van der Waals surface area contributed by atoms with Gasteiger partial charge < -0.3 is 0 Å². The quantitative estimate of drug-likeness (QED) is 0.653. The van der Waals surface area contributed by atoms with E-state index in [0.717, 1.165) is 6.07 Å². The zero-order valence-electron chi connectivity index (χ0n) is 7.32. The summed E-state index contributed by atoms with van der Waals surface area (Å²) in [5.74, 6) is 0. The van der Waals surface area contributed by atoms with Crippen molar-refractivity contribution in [3.63, 3.8) is 0 Å². The van der Waals surface area contributed by atoms with Crippen LogP contribution in [0.25, 0.3) is 0 Å². The third-order valence-electron chi connectivity index (χ3n) is 1.64. The van der Waals surface area contributed by atoms with E-state index in [2.05, 4.69) is 4.98 Å². The molecular weight excluding hydrogens is 238 g/mol. The molecule has 16 heavy (non-hydrogen) atoms. The van der Waals surface area contributed by atoms with Crippen LogP contribution in [-0.2, 0) is 12.4 Å². The minimum absolute atomic E-state index is 0.327. The summed E-state index contributed by atoms with van der Waals surface area (Å²) in [4.78, 5) is 2.75. The highest BCUT2D eigenvalue weighted by Crippen LogP contribution is 2.37. The largest absolute Gasteiger partial charge is 0.434 e. The normalized spacial score (nSPS) is 12.3. The lowest BCUT2D eigenvalue weighted by Gasteiger charge is -2.12. The zero-order chi connectivity index (χ0) is 12.6. The number of hydrogen-bond donors (Lipinski definition) is 0. The summed E-state index contributed by atoms with van der Waals surface area (Å²) in [5.41, 5.74) is -4.98. The number of nitriles is 1. The first-order valence-corrected chi connectivity index (χ1v) is 3.71. The Morgan fingerprint density at radius 3 is 2.00 bits per heavy atom. The van der Waals surface area contributed by atoms with Crippen molar-refractivity contribution in [1.29, 1.82) is 5.26 Å². The lowest BCUT2D eigenvalue weighted by Crippen LogP contribution is -2.16. The topological polar surface area (TPSA) is 36.7 Å². The first-order chi connectivity index (χ1) is 7.18. The summed E-state index contributed by atoms with van der Waals surface area (Å²) < 4.78 is 73.4. The first-order valence-electron chi connectivity index (χ1n) is 3.71. The van der Waals surface area contributed by atoms with Crippen LogP contribution in [0.5, 0.6) is 0 Å². The summed E-state index contributed by atoms with van der Waals surface area (Å²) >= 11 is 0. The molecule has 0 amide bonds. The SMILES string of the molecule is N#Cc1c(C(F)(F)F)ccnc1C(F)(F)F. The lowest BCUT2D eigenvalue weighted by molar-refractivity contribution is -0.145. The Labute approximate surface area is 85.1 Å². The smallest absolute Gasteiger partial charge is 0.250 e. The summed E-state index contributed by atoms with van der Waals surface area (Å²) in [6, 6.07) is 1.20. The molecule has 0 aliphatic carbocycles. The molecular formula is C8H2F6N2. The average molecular weight is 240 g/mol. The van der Waals surface area contributed by atoms with E-state index in [1.165, 1.54) is 0 Å². The third kappa shape index (κ3) is 2.24. The Morgan fingerprint density at radius 2 is 1.62 bits per heavy atom. The molecule has 86 valence electrons. The molecule has 1 rings (SSSR count). The van der Waals surface area contributed by atoms with Gasteiger partial charge in [-0.1, -0.05) is 0 Å². The second kappa shape index (κ2) is 3.66. The van der Waals surface area contributed by atoms with Crippen LogP contribution in [0.1, 0.15) is 16.8 Å². The fraction of sp³-hybridized carbons (Fsp3) is 0.250. The van der Waals surface area contributed by atoms with Crippen LogP contribution < -0.4 is 0 Å². The number of aromatic nitrogens is 1. The molecule has 0 fully saturated rings. The average Bonchev–Trinajstić information content (AvgIpc) is 2.13. The fourth-order valence-electron chi connectivity index (χ4n) is 1.03. The molecule has 0 aromatic carbocycles. The molecule has 0 N–H and O–H groups in total. The first kappa shape index (κ1) is 12.3. The van der Waals surface area contributed by atoms with Crippen LogP contribution in [0.4, 0.5) is 26.3 Å². The van der Waals surface area contributed by atoms with Crippen molar-refractivity contribution in [2.45, 2.75) is 12.4 Å². The predicted octanol–water partition coefficient (Wildman–Crippen LogP) is 2.99. The Bertz CT molecular complexity index is 407. The van der Waals surface area contributed by atoms with Crippen LogP contribution >= 0.6 is 0 Å². The Hall–Kier alpha value is -1.78. The molecule has 0 saturated carbocycles. The van der Waals surface area contributed by atoms with Crippen LogP contribution in [-0.4, -0.2) is 4.98 Å². The van der Waals surface area contributed by atoms with Gasteiger partial charge in [-0.05, 0) is 6.07 Å². The van der Waals surface area contributed by atoms with Gasteiger partial charge in [0.05, 0.1) is 11.1 Å². The monoisotopic (exact) mass is 240 g/mol. The summed E-state index contributed by atoms with van der Waals surface area (Å²) in [7, 11) is 0. The number of halogens is 6. The lowest BCUT2D eigenvalue weighted by atomic mass is 10.1. The van der Waals surface area contributed by atoms with Crippen LogP contribution in [0.15, 0.2) is 12.3 Å². The number of nitrogens with zero attached hydrogens (tertiary/aromatic N) is 2. The van der Waals surface area contributed by atoms with Gasteiger partial charge in [-0.2, -0.15) is 31.6 Å². The molecule has 0 bridgehead atoms. The molecule has 0 saturated heterocycles. The number of hydrogen-bond acceptors (Lipinski definition) is 2. The van der Waals surface area contributed by atoms with E-state index in [1.54, 1.807) is 0 Å². The standard InChI is InChI=1S/C8H2F6N2/c9-7(10,11)5-1-2-16-6(4(5)3-15)8(12,13)14/h1-2H. The molecule has 8 heteroatoms. The number of pyridine rings is 1. The van der Waals surface area contributed by atoms with Gasteiger partial charge in [0.1, 0.15) is 6.07 Å². The van der Waals surface area contributed by atoms with Crippen LogP contribution in [0.3, 0.4) is 0 Å². The molecule has 0 radical (unpaired) electrons. The number of rotatable bonds is 0. The van der Waals surface area contributed by atoms with E-state index in [0.29, 0.717) is 12.3 Å². The van der Waals surface area contributed by atoms with Crippen molar-refractivity contribution in [2.24, 2.45) is 0 Å². The van der Waals surface area contributed by atoms with E-state index in [1.807, 2.05) is 0 Å². The third-order valence-corrected chi connectivity index (χ3v) is 1.64. The Balaban J connectivity index is 3.53. The van der Waals surface area contributed by atoms with Gasteiger partial charge in [0, 0.05) is 6.20 Å². The second-order valence-corrected chi connectivity index (χ2v) is 2.69. The van der Waals surface area contributed by atoms with E-state index >= 15 is 0 Å². The highest BCUT2D eigenvalue weighted by Gasteiger charge is 2.42. The zero-order valence-corrected chi connectivity index (χ0v) is 7.32. The maximum Gasteiger partial charge on any atom is 0.434 e. The fourth-order valence-corrected chi connectivity index (χ4v) is 1.03. The van der Waals surface area contributed by atoms with E-state index in [9.17, 15) is 26.3 Å². The molecule has 1 heterocycles. The van der Waals surface area contributed by atoms with Crippen LogP contribution in [0.2, 0.25) is 0 Å². The Kier molecular flexibility index (Phi) is 2.81. The highest BCUT2D eigenvalue weighted by atomic mass is 19.4. The van der Waals surface area contributed by atoms with Crippen molar-refractivity contribution in [3.8, 4) is 6.07 Å². The van der Waals surface area contributed by atoms with Crippen molar-refractivity contribution in [1.82, 2.24) is 4.98 Å². The Morgan fingerprint density at radius 1 is 1.06 bits per heavy atom. The number of alkyl halides is 6. The minimum atomic E-state index is -5.09. The van der Waals surface area contributed by atoms with E-state index in [4.69, 9.17) is 5.26 Å².